The average molecular weight is 372 g/mol. The highest BCUT2D eigenvalue weighted by atomic mass is 16.5. The van der Waals surface area contributed by atoms with E-state index in [1.54, 1.807) is 11.6 Å². The average Bonchev–Trinajstić information content (AvgIpc) is 3.25. The summed E-state index contributed by atoms with van der Waals surface area (Å²) in [5, 5.41) is 11.0. The van der Waals surface area contributed by atoms with Gasteiger partial charge in [0.2, 0.25) is 5.84 Å². The van der Waals surface area contributed by atoms with Crippen molar-refractivity contribution in [3.05, 3.63) is 35.4 Å². The molecule has 1 atom stereocenters. The summed E-state index contributed by atoms with van der Waals surface area (Å²) in [7, 11) is 1.88. The first-order valence-electron chi connectivity index (χ1n) is 9.10. The van der Waals surface area contributed by atoms with E-state index < -0.39 is 11.6 Å². The van der Waals surface area contributed by atoms with E-state index in [-0.39, 0.29) is 5.84 Å². The number of amidine groups is 1. The Morgan fingerprint density at radius 2 is 2.15 bits per heavy atom. The van der Waals surface area contributed by atoms with Crippen molar-refractivity contribution in [2.24, 2.45) is 12.0 Å². The van der Waals surface area contributed by atoms with Crippen LogP contribution in [0.4, 0.5) is 0 Å². The molecule has 1 aromatic heterocycles. The van der Waals surface area contributed by atoms with E-state index in [1.807, 2.05) is 26.4 Å². The van der Waals surface area contributed by atoms with Gasteiger partial charge in [-0.3, -0.25) is 4.68 Å². The summed E-state index contributed by atoms with van der Waals surface area (Å²) in [5.41, 5.74) is 2.93. The minimum Gasteiger partial charge on any atom is -0.460 e. The second kappa shape index (κ2) is 6.73. The molecule has 0 aromatic carbocycles. The molecule has 144 valence electrons. The summed E-state index contributed by atoms with van der Waals surface area (Å²) >= 11 is 0. The van der Waals surface area contributed by atoms with Gasteiger partial charge in [-0.1, -0.05) is 0 Å². The van der Waals surface area contributed by atoms with E-state index in [0.717, 1.165) is 35.7 Å². The number of allylic oxidation sites excluding steroid dienone is 1. The molecule has 2 N–H and O–H groups in total. The Hall–Kier alpha value is -2.81. The van der Waals surface area contributed by atoms with Crippen molar-refractivity contribution in [3.8, 4) is 0 Å². The summed E-state index contributed by atoms with van der Waals surface area (Å²) in [5.74, 6) is -0.236. The maximum atomic E-state index is 12.2. The third kappa shape index (κ3) is 3.18. The number of hydrogen-bond acceptors (Lipinski definition) is 8. The molecular formula is C18H24N6O3. The van der Waals surface area contributed by atoms with Gasteiger partial charge in [0.1, 0.15) is 5.70 Å². The van der Waals surface area contributed by atoms with Crippen molar-refractivity contribution in [2.75, 3.05) is 32.9 Å². The van der Waals surface area contributed by atoms with Crippen molar-refractivity contribution in [2.45, 2.75) is 19.5 Å². The molecule has 9 nitrogen and oxygen atoms in total. The van der Waals surface area contributed by atoms with Gasteiger partial charge in [0.15, 0.2) is 5.66 Å². The number of carbonyl (C=O) groups is 1. The number of esters is 1. The molecule has 0 aliphatic carbocycles. The molecule has 1 unspecified atom stereocenters. The van der Waals surface area contributed by atoms with Crippen molar-refractivity contribution in [1.29, 1.82) is 0 Å². The van der Waals surface area contributed by atoms with Gasteiger partial charge in [-0.2, -0.15) is 5.10 Å². The normalized spacial score (nSPS) is 24.6. The third-order valence-corrected chi connectivity index (χ3v) is 4.81. The Morgan fingerprint density at radius 3 is 2.81 bits per heavy atom. The second-order valence-corrected chi connectivity index (χ2v) is 6.85. The van der Waals surface area contributed by atoms with Crippen LogP contribution in [0.5, 0.6) is 0 Å². The Morgan fingerprint density at radius 1 is 1.37 bits per heavy atom. The van der Waals surface area contributed by atoms with E-state index in [2.05, 4.69) is 31.7 Å². The topological polar surface area (TPSA) is 93.0 Å². The number of aliphatic imine (C=N–C) groups is 1. The number of carbonyl (C=O) groups excluding carboxylic acids is 1. The first kappa shape index (κ1) is 17.6. The fraction of sp³-hybridized carbons (Fsp3) is 0.500. The standard InChI is InChI=1S/C18H24N6O3/c1-4-27-17(25)16-20-15-14(24-5-7-26-8-6-24)9-13(21-18(15,2)22-16)12-10-19-23(3)11-12/h9-11,21H,4-8H2,1-3H3,(H,20,22). The Bertz CT molecular complexity index is 849. The van der Waals surface area contributed by atoms with Gasteiger partial charge < -0.3 is 25.0 Å². The lowest BCUT2D eigenvalue weighted by molar-refractivity contribution is -0.135. The zero-order valence-electron chi connectivity index (χ0n) is 15.8. The SMILES string of the molecule is CCOC(=O)C1=NC2=C(N3CCOCC3)C=C(c3cnn(C)c3)NC2(C)N1. The van der Waals surface area contributed by atoms with Crippen LogP contribution < -0.4 is 10.6 Å². The monoisotopic (exact) mass is 372 g/mol. The zero-order valence-corrected chi connectivity index (χ0v) is 15.8. The lowest BCUT2D eigenvalue weighted by atomic mass is 9.99. The summed E-state index contributed by atoms with van der Waals surface area (Å²) in [6.45, 7) is 6.94. The maximum absolute atomic E-state index is 12.2. The second-order valence-electron chi connectivity index (χ2n) is 6.85. The van der Waals surface area contributed by atoms with Crippen LogP contribution in [-0.2, 0) is 21.3 Å². The number of morpholine rings is 1. The Kier molecular flexibility index (Phi) is 4.39. The number of hydrogen-bond donors (Lipinski definition) is 2. The molecular weight excluding hydrogens is 348 g/mol. The number of rotatable bonds is 4. The highest BCUT2D eigenvalue weighted by Gasteiger charge is 2.44. The molecule has 0 spiro atoms. The molecule has 4 rings (SSSR count). The molecule has 0 radical (unpaired) electrons. The van der Waals surface area contributed by atoms with Crippen LogP contribution in [0, 0.1) is 0 Å². The van der Waals surface area contributed by atoms with E-state index in [1.165, 1.54) is 0 Å². The van der Waals surface area contributed by atoms with Crippen LogP contribution in [0.1, 0.15) is 19.4 Å². The van der Waals surface area contributed by atoms with Gasteiger partial charge in [0.05, 0.1) is 31.7 Å². The zero-order chi connectivity index (χ0) is 19.0. The largest absolute Gasteiger partial charge is 0.460 e. The Balaban J connectivity index is 1.77. The summed E-state index contributed by atoms with van der Waals surface area (Å²) in [4.78, 5) is 19.1. The van der Waals surface area contributed by atoms with E-state index in [4.69, 9.17) is 9.47 Å². The lowest BCUT2D eigenvalue weighted by Crippen LogP contribution is -2.56. The molecule has 3 aliphatic rings. The van der Waals surface area contributed by atoms with Gasteiger partial charge in [0.25, 0.3) is 0 Å². The number of ether oxygens (including phenoxy) is 2. The fourth-order valence-electron chi connectivity index (χ4n) is 3.52. The molecule has 27 heavy (non-hydrogen) atoms. The maximum Gasteiger partial charge on any atom is 0.374 e. The smallest absolute Gasteiger partial charge is 0.374 e. The quantitative estimate of drug-likeness (QED) is 0.729. The predicted molar refractivity (Wildman–Crippen MR) is 99.3 cm³/mol. The van der Waals surface area contributed by atoms with Gasteiger partial charge in [-0.25, -0.2) is 9.79 Å². The molecule has 4 heterocycles. The van der Waals surface area contributed by atoms with E-state index in [0.29, 0.717) is 19.8 Å². The predicted octanol–water partition coefficient (Wildman–Crippen LogP) is 0.189. The van der Waals surface area contributed by atoms with Crippen LogP contribution in [0.15, 0.2) is 34.9 Å². The Labute approximate surface area is 157 Å². The van der Waals surface area contributed by atoms with Crippen molar-refractivity contribution < 1.29 is 14.3 Å². The van der Waals surface area contributed by atoms with Crippen molar-refractivity contribution in [1.82, 2.24) is 25.3 Å². The van der Waals surface area contributed by atoms with E-state index >= 15 is 0 Å². The third-order valence-electron chi connectivity index (χ3n) is 4.81. The summed E-state index contributed by atoms with van der Waals surface area (Å²) in [6.07, 6.45) is 5.83. The fourth-order valence-corrected chi connectivity index (χ4v) is 3.52. The minimum atomic E-state index is -0.713. The van der Waals surface area contributed by atoms with Gasteiger partial charge in [0, 0.05) is 37.6 Å². The van der Waals surface area contributed by atoms with Gasteiger partial charge >= 0.3 is 5.97 Å². The number of aryl methyl sites for hydroxylation is 1. The number of fused-ring (bicyclic) bond motifs is 1. The van der Waals surface area contributed by atoms with Crippen LogP contribution in [0.2, 0.25) is 0 Å². The minimum absolute atomic E-state index is 0.216. The van der Waals surface area contributed by atoms with Gasteiger partial charge in [-0.15, -0.1) is 0 Å². The van der Waals surface area contributed by atoms with E-state index in [9.17, 15) is 4.79 Å². The highest BCUT2D eigenvalue weighted by Crippen LogP contribution is 2.35. The van der Waals surface area contributed by atoms with Crippen LogP contribution in [0.3, 0.4) is 0 Å². The van der Waals surface area contributed by atoms with Crippen LogP contribution >= 0.6 is 0 Å². The summed E-state index contributed by atoms with van der Waals surface area (Å²) in [6, 6.07) is 0. The molecule has 1 aromatic rings. The van der Waals surface area contributed by atoms with Crippen molar-refractivity contribution in [3.63, 3.8) is 0 Å². The van der Waals surface area contributed by atoms with Crippen LogP contribution in [0.25, 0.3) is 5.70 Å². The number of nitrogens with one attached hydrogen (secondary N) is 2. The molecule has 3 aliphatic heterocycles. The lowest BCUT2D eigenvalue weighted by Gasteiger charge is -2.38. The first-order chi connectivity index (χ1) is 13.0. The summed E-state index contributed by atoms with van der Waals surface area (Å²) < 4.78 is 12.4. The number of nitrogens with zero attached hydrogens (tertiary/aromatic N) is 4. The molecule has 1 saturated heterocycles. The molecule has 0 saturated carbocycles. The van der Waals surface area contributed by atoms with Crippen molar-refractivity contribution >= 4 is 17.5 Å². The first-order valence-corrected chi connectivity index (χ1v) is 9.10. The molecule has 0 bridgehead atoms. The van der Waals surface area contributed by atoms with Crippen LogP contribution in [-0.4, -0.2) is 65.1 Å². The molecule has 1 fully saturated rings. The number of dihydropyridines is 1. The number of aromatic nitrogens is 2. The molecule has 0 amide bonds. The molecule has 9 heteroatoms. The van der Waals surface area contributed by atoms with Gasteiger partial charge in [-0.05, 0) is 19.9 Å². The highest BCUT2D eigenvalue weighted by molar-refractivity contribution is 6.36.